The quantitative estimate of drug-likeness (QED) is 0.841. The summed E-state index contributed by atoms with van der Waals surface area (Å²) in [7, 11) is 0. The molecule has 20 heavy (non-hydrogen) atoms. The normalized spacial score (nSPS) is 10.4. The predicted octanol–water partition coefficient (Wildman–Crippen LogP) is 2.74. The van der Waals surface area contributed by atoms with Crippen LogP contribution in [-0.2, 0) is 11.2 Å². The summed E-state index contributed by atoms with van der Waals surface area (Å²) in [6.45, 7) is 5.58. The summed E-state index contributed by atoms with van der Waals surface area (Å²) < 4.78 is 5.58. The van der Waals surface area contributed by atoms with Crippen LogP contribution in [-0.4, -0.2) is 37.0 Å². The number of halogens is 2. The van der Waals surface area contributed by atoms with Crippen LogP contribution < -0.4 is 10.5 Å². The van der Waals surface area contributed by atoms with Crippen LogP contribution in [0.1, 0.15) is 19.4 Å². The Labute approximate surface area is 129 Å². The van der Waals surface area contributed by atoms with Gasteiger partial charge in [0, 0.05) is 18.1 Å². The van der Waals surface area contributed by atoms with E-state index in [9.17, 15) is 4.79 Å². The summed E-state index contributed by atoms with van der Waals surface area (Å²) in [5, 5.41) is 0.925. The van der Waals surface area contributed by atoms with Crippen molar-refractivity contribution >= 4 is 29.1 Å². The van der Waals surface area contributed by atoms with Crippen molar-refractivity contribution < 1.29 is 9.53 Å². The van der Waals surface area contributed by atoms with Gasteiger partial charge in [0.15, 0.2) is 6.61 Å². The lowest BCUT2D eigenvalue weighted by atomic mass is 10.1. The maximum Gasteiger partial charge on any atom is 0.260 e. The molecule has 112 valence electrons. The highest BCUT2D eigenvalue weighted by Gasteiger charge is 2.14. The van der Waals surface area contributed by atoms with Gasteiger partial charge in [0.1, 0.15) is 5.75 Å². The van der Waals surface area contributed by atoms with Crippen molar-refractivity contribution in [2.45, 2.75) is 20.3 Å². The van der Waals surface area contributed by atoms with Crippen LogP contribution in [0.15, 0.2) is 12.1 Å². The average Bonchev–Trinajstić information content (AvgIpc) is 2.39. The molecule has 1 rings (SSSR count). The number of hydrogen-bond acceptors (Lipinski definition) is 3. The largest absolute Gasteiger partial charge is 0.482 e. The van der Waals surface area contributed by atoms with E-state index in [0.29, 0.717) is 41.8 Å². The molecule has 1 aromatic rings. The highest BCUT2D eigenvalue weighted by Crippen LogP contribution is 2.32. The lowest BCUT2D eigenvalue weighted by molar-refractivity contribution is -0.132. The lowest BCUT2D eigenvalue weighted by Crippen LogP contribution is -2.34. The van der Waals surface area contributed by atoms with Gasteiger partial charge in [-0.1, -0.05) is 23.2 Å². The zero-order valence-electron chi connectivity index (χ0n) is 11.8. The van der Waals surface area contributed by atoms with Gasteiger partial charge in [0.2, 0.25) is 0 Å². The zero-order chi connectivity index (χ0) is 15.1. The Kier molecular flexibility index (Phi) is 7.13. The van der Waals surface area contributed by atoms with Crippen molar-refractivity contribution in [3.63, 3.8) is 0 Å². The van der Waals surface area contributed by atoms with Gasteiger partial charge in [-0.2, -0.15) is 0 Å². The van der Waals surface area contributed by atoms with Crippen molar-refractivity contribution in [3.05, 3.63) is 27.7 Å². The van der Waals surface area contributed by atoms with Crippen molar-refractivity contribution in [1.82, 2.24) is 4.90 Å². The first kappa shape index (κ1) is 17.1. The number of ether oxygens (including phenoxy) is 1. The van der Waals surface area contributed by atoms with E-state index >= 15 is 0 Å². The molecule has 0 fully saturated rings. The number of rotatable bonds is 7. The molecule has 1 amide bonds. The molecule has 0 saturated carbocycles. The van der Waals surface area contributed by atoms with E-state index in [2.05, 4.69) is 0 Å². The molecule has 0 aromatic heterocycles. The maximum atomic E-state index is 11.9. The van der Waals surface area contributed by atoms with Crippen molar-refractivity contribution in [1.29, 1.82) is 0 Å². The van der Waals surface area contributed by atoms with Gasteiger partial charge in [-0.15, -0.1) is 0 Å². The SMILES string of the molecule is CCN(CC)C(=O)COc1c(Cl)cc(Cl)cc1CCN. The summed E-state index contributed by atoms with van der Waals surface area (Å²) in [6, 6.07) is 3.36. The van der Waals surface area contributed by atoms with E-state index in [-0.39, 0.29) is 12.5 Å². The molecule has 0 aliphatic heterocycles. The van der Waals surface area contributed by atoms with Crippen molar-refractivity contribution in [2.24, 2.45) is 5.73 Å². The molecular formula is C14H20Cl2N2O2. The molecule has 1 aromatic carbocycles. The van der Waals surface area contributed by atoms with Gasteiger partial charge in [-0.3, -0.25) is 4.79 Å². The third kappa shape index (κ3) is 4.54. The Morgan fingerprint density at radius 3 is 2.50 bits per heavy atom. The first-order chi connectivity index (χ1) is 9.53. The Balaban J connectivity index is 2.84. The minimum atomic E-state index is -0.0697. The molecule has 0 radical (unpaired) electrons. The standard InChI is InChI=1S/C14H20Cl2N2O2/c1-3-18(4-2)13(19)9-20-14-10(5-6-17)7-11(15)8-12(14)16/h7-8H,3-6,9,17H2,1-2H3. The monoisotopic (exact) mass is 318 g/mol. The van der Waals surface area contributed by atoms with Crippen LogP contribution in [0, 0.1) is 0 Å². The second kappa shape index (κ2) is 8.35. The van der Waals surface area contributed by atoms with Crippen LogP contribution in [0.25, 0.3) is 0 Å². The van der Waals surface area contributed by atoms with E-state index in [0.717, 1.165) is 5.56 Å². The Bertz CT molecular complexity index is 463. The predicted molar refractivity (Wildman–Crippen MR) is 82.6 cm³/mol. The molecule has 4 nitrogen and oxygen atoms in total. The molecule has 0 spiro atoms. The molecule has 0 aliphatic rings. The second-order valence-corrected chi connectivity index (χ2v) is 5.11. The molecule has 0 atom stereocenters. The van der Waals surface area contributed by atoms with Gasteiger partial charge < -0.3 is 15.4 Å². The second-order valence-electron chi connectivity index (χ2n) is 4.27. The van der Waals surface area contributed by atoms with Gasteiger partial charge >= 0.3 is 0 Å². The van der Waals surface area contributed by atoms with Gasteiger partial charge in [-0.25, -0.2) is 0 Å². The average molecular weight is 319 g/mol. The number of likely N-dealkylation sites (N-methyl/N-ethyl adjacent to an activating group) is 1. The first-order valence-corrected chi connectivity index (χ1v) is 7.37. The minimum Gasteiger partial charge on any atom is -0.482 e. The fourth-order valence-corrected chi connectivity index (χ4v) is 2.51. The van der Waals surface area contributed by atoms with Gasteiger partial charge in [0.25, 0.3) is 5.91 Å². The Hall–Kier alpha value is -0.970. The zero-order valence-corrected chi connectivity index (χ0v) is 13.3. The van der Waals surface area contributed by atoms with Crippen molar-refractivity contribution in [3.8, 4) is 5.75 Å². The number of nitrogens with two attached hydrogens (primary N) is 1. The van der Waals surface area contributed by atoms with E-state index in [1.165, 1.54) is 0 Å². The molecule has 0 bridgehead atoms. The summed E-state index contributed by atoms with van der Waals surface area (Å²) >= 11 is 12.1. The molecule has 0 unspecified atom stereocenters. The molecule has 2 N–H and O–H groups in total. The maximum absolute atomic E-state index is 11.9. The lowest BCUT2D eigenvalue weighted by Gasteiger charge is -2.20. The van der Waals surface area contributed by atoms with Crippen LogP contribution >= 0.6 is 23.2 Å². The van der Waals surface area contributed by atoms with E-state index in [1.54, 1.807) is 17.0 Å². The summed E-state index contributed by atoms with van der Waals surface area (Å²) in [4.78, 5) is 13.6. The first-order valence-electron chi connectivity index (χ1n) is 6.62. The third-order valence-electron chi connectivity index (χ3n) is 2.96. The molecule has 6 heteroatoms. The number of carbonyl (C=O) groups is 1. The smallest absolute Gasteiger partial charge is 0.260 e. The highest BCUT2D eigenvalue weighted by atomic mass is 35.5. The summed E-state index contributed by atoms with van der Waals surface area (Å²) in [5.74, 6) is 0.418. The Morgan fingerprint density at radius 1 is 1.30 bits per heavy atom. The van der Waals surface area contributed by atoms with Crippen molar-refractivity contribution in [2.75, 3.05) is 26.2 Å². The van der Waals surface area contributed by atoms with Crippen LogP contribution in [0.2, 0.25) is 10.0 Å². The molecule has 0 heterocycles. The number of nitrogens with zero attached hydrogens (tertiary/aromatic N) is 1. The molecular weight excluding hydrogens is 299 g/mol. The molecule has 0 aliphatic carbocycles. The minimum absolute atomic E-state index is 0.0411. The van der Waals surface area contributed by atoms with Crippen LogP contribution in [0.3, 0.4) is 0 Å². The number of amides is 1. The van der Waals surface area contributed by atoms with E-state index in [4.69, 9.17) is 33.7 Å². The third-order valence-corrected chi connectivity index (χ3v) is 3.45. The van der Waals surface area contributed by atoms with Gasteiger partial charge in [0.05, 0.1) is 5.02 Å². The summed E-state index contributed by atoms with van der Waals surface area (Å²) in [5.41, 5.74) is 6.38. The van der Waals surface area contributed by atoms with Crippen LogP contribution in [0.5, 0.6) is 5.75 Å². The van der Waals surface area contributed by atoms with E-state index in [1.807, 2.05) is 13.8 Å². The number of benzene rings is 1. The topological polar surface area (TPSA) is 55.6 Å². The summed E-state index contributed by atoms with van der Waals surface area (Å²) in [6.07, 6.45) is 0.592. The Morgan fingerprint density at radius 2 is 1.95 bits per heavy atom. The van der Waals surface area contributed by atoms with Crippen LogP contribution in [0.4, 0.5) is 0 Å². The number of hydrogen-bond donors (Lipinski definition) is 1. The fourth-order valence-electron chi connectivity index (χ4n) is 1.92. The highest BCUT2D eigenvalue weighted by molar-refractivity contribution is 6.35. The number of carbonyl (C=O) groups excluding carboxylic acids is 1. The molecule has 0 saturated heterocycles. The van der Waals surface area contributed by atoms with Gasteiger partial charge in [-0.05, 0) is 44.5 Å². The fraction of sp³-hybridized carbons (Fsp3) is 0.500. The van der Waals surface area contributed by atoms with E-state index < -0.39 is 0 Å².